The number of fused-ring (bicyclic) bond motifs is 1. The van der Waals surface area contributed by atoms with Crippen molar-refractivity contribution in [2.45, 2.75) is 13.5 Å². The van der Waals surface area contributed by atoms with E-state index in [9.17, 15) is 0 Å². The summed E-state index contributed by atoms with van der Waals surface area (Å²) in [7, 11) is 0. The summed E-state index contributed by atoms with van der Waals surface area (Å²) in [5.74, 6) is 1.59. The van der Waals surface area contributed by atoms with E-state index in [1.54, 1.807) is 6.08 Å². The Hall–Kier alpha value is -3.73. The van der Waals surface area contributed by atoms with Crippen molar-refractivity contribution < 1.29 is 4.74 Å². The molecule has 0 aliphatic rings. The number of ether oxygens (including phenoxy) is 1. The lowest BCUT2D eigenvalue weighted by atomic mass is 10.2. The van der Waals surface area contributed by atoms with Gasteiger partial charge in [-0.15, -0.1) is 0 Å². The number of nitrogens with zero attached hydrogens (tertiary/aromatic N) is 3. The highest BCUT2D eigenvalue weighted by Gasteiger charge is 2.09. The standard InChI is InChI=1S/C24H22N4O/c1-3-20(25-4-2)21-14-15-22-24(26-21)28-23(27-22)18-10-12-19(13-11-18)29-16-17-8-6-5-7-9-17/h3,5-15H,1,4,16H2,2H3,(H,26,27,28). The van der Waals surface area contributed by atoms with Gasteiger partial charge >= 0.3 is 0 Å². The zero-order chi connectivity index (χ0) is 20.1. The first-order valence-corrected chi connectivity index (χ1v) is 9.58. The monoisotopic (exact) mass is 382 g/mol. The second kappa shape index (κ2) is 8.52. The van der Waals surface area contributed by atoms with Crippen LogP contribution >= 0.6 is 0 Å². The Labute approximate surface area is 169 Å². The van der Waals surface area contributed by atoms with E-state index in [0.29, 0.717) is 18.8 Å². The molecule has 0 bridgehead atoms. The van der Waals surface area contributed by atoms with E-state index in [1.807, 2.05) is 73.7 Å². The van der Waals surface area contributed by atoms with Crippen LogP contribution in [0.1, 0.15) is 18.2 Å². The molecule has 0 atom stereocenters. The van der Waals surface area contributed by atoms with Gasteiger partial charge in [-0.3, -0.25) is 4.99 Å². The van der Waals surface area contributed by atoms with E-state index in [2.05, 4.69) is 26.5 Å². The summed E-state index contributed by atoms with van der Waals surface area (Å²) in [6.07, 6.45) is 1.72. The average molecular weight is 382 g/mol. The van der Waals surface area contributed by atoms with Crippen molar-refractivity contribution in [2.24, 2.45) is 4.99 Å². The molecule has 0 saturated carbocycles. The van der Waals surface area contributed by atoms with Gasteiger partial charge in [-0.2, -0.15) is 0 Å². The molecule has 5 nitrogen and oxygen atoms in total. The Morgan fingerprint density at radius 2 is 1.83 bits per heavy atom. The maximum atomic E-state index is 5.85. The predicted molar refractivity (Wildman–Crippen MR) is 117 cm³/mol. The first-order valence-electron chi connectivity index (χ1n) is 9.58. The molecule has 29 heavy (non-hydrogen) atoms. The molecule has 4 rings (SSSR count). The lowest BCUT2D eigenvalue weighted by Gasteiger charge is -2.06. The lowest BCUT2D eigenvalue weighted by molar-refractivity contribution is 0.306. The van der Waals surface area contributed by atoms with Gasteiger partial charge in [-0.05, 0) is 55.0 Å². The SMILES string of the molecule is C=CC(=NCC)c1ccc2[nH]c(-c3ccc(OCc4ccccc4)cc3)nc2n1. The zero-order valence-electron chi connectivity index (χ0n) is 16.3. The third-order valence-electron chi connectivity index (χ3n) is 4.51. The predicted octanol–water partition coefficient (Wildman–Crippen LogP) is 5.20. The molecule has 0 aliphatic heterocycles. The molecule has 5 heteroatoms. The van der Waals surface area contributed by atoms with Crippen molar-refractivity contribution in [3.8, 4) is 17.1 Å². The highest BCUT2D eigenvalue weighted by molar-refractivity contribution is 6.07. The fourth-order valence-electron chi connectivity index (χ4n) is 3.04. The van der Waals surface area contributed by atoms with Gasteiger partial charge in [0.1, 0.15) is 18.2 Å². The molecule has 1 N–H and O–H groups in total. The minimum Gasteiger partial charge on any atom is -0.489 e. The molecule has 0 unspecified atom stereocenters. The summed E-state index contributed by atoms with van der Waals surface area (Å²) in [4.78, 5) is 17.0. The third kappa shape index (κ3) is 4.24. The molecule has 0 aliphatic carbocycles. The Balaban J connectivity index is 1.53. The number of nitrogens with one attached hydrogen (secondary N) is 1. The number of rotatable bonds is 7. The lowest BCUT2D eigenvalue weighted by Crippen LogP contribution is -2.00. The number of benzene rings is 2. The maximum Gasteiger partial charge on any atom is 0.178 e. The van der Waals surface area contributed by atoms with Crippen LogP contribution in [-0.2, 0) is 6.61 Å². The minimum absolute atomic E-state index is 0.544. The topological polar surface area (TPSA) is 63.2 Å². The van der Waals surface area contributed by atoms with Crippen LogP contribution in [0.5, 0.6) is 5.75 Å². The molecule has 4 aromatic rings. The number of hydrogen-bond acceptors (Lipinski definition) is 4. The molecule has 0 fully saturated rings. The summed E-state index contributed by atoms with van der Waals surface area (Å²) in [6, 6.07) is 21.9. The summed E-state index contributed by atoms with van der Waals surface area (Å²) in [5, 5.41) is 0. The van der Waals surface area contributed by atoms with E-state index in [1.165, 1.54) is 0 Å². The minimum atomic E-state index is 0.544. The van der Waals surface area contributed by atoms with Gasteiger partial charge in [0.25, 0.3) is 0 Å². The van der Waals surface area contributed by atoms with Crippen LogP contribution in [0.2, 0.25) is 0 Å². The number of aliphatic imine (C=N–C) groups is 1. The van der Waals surface area contributed by atoms with Crippen LogP contribution in [0.15, 0.2) is 84.4 Å². The smallest absolute Gasteiger partial charge is 0.178 e. The summed E-state index contributed by atoms with van der Waals surface area (Å²) < 4.78 is 5.85. The number of H-pyrrole nitrogens is 1. The van der Waals surface area contributed by atoms with Crippen molar-refractivity contribution in [2.75, 3.05) is 6.54 Å². The molecule has 0 saturated heterocycles. The second-order valence-corrected chi connectivity index (χ2v) is 6.52. The van der Waals surface area contributed by atoms with Gasteiger partial charge in [0, 0.05) is 12.1 Å². The zero-order valence-corrected chi connectivity index (χ0v) is 16.3. The highest BCUT2D eigenvalue weighted by Crippen LogP contribution is 2.23. The van der Waals surface area contributed by atoms with Crippen molar-refractivity contribution in [3.63, 3.8) is 0 Å². The fraction of sp³-hybridized carbons (Fsp3) is 0.125. The van der Waals surface area contributed by atoms with Gasteiger partial charge in [-0.1, -0.05) is 36.9 Å². The first-order chi connectivity index (χ1) is 14.3. The Kier molecular flexibility index (Phi) is 5.47. The largest absolute Gasteiger partial charge is 0.489 e. The van der Waals surface area contributed by atoms with Crippen molar-refractivity contribution in [1.29, 1.82) is 0 Å². The van der Waals surface area contributed by atoms with Gasteiger partial charge in [0.15, 0.2) is 5.65 Å². The Morgan fingerprint density at radius 1 is 1.03 bits per heavy atom. The van der Waals surface area contributed by atoms with Crippen LogP contribution in [0.4, 0.5) is 0 Å². The van der Waals surface area contributed by atoms with Crippen LogP contribution in [-0.4, -0.2) is 27.2 Å². The van der Waals surface area contributed by atoms with Crippen LogP contribution in [0.3, 0.4) is 0 Å². The van der Waals surface area contributed by atoms with Gasteiger partial charge < -0.3 is 9.72 Å². The van der Waals surface area contributed by atoms with Crippen LogP contribution in [0.25, 0.3) is 22.6 Å². The van der Waals surface area contributed by atoms with E-state index < -0.39 is 0 Å². The molecule has 0 spiro atoms. The first kappa shape index (κ1) is 18.6. The number of allylic oxidation sites excluding steroid dienone is 1. The normalized spacial score (nSPS) is 11.6. The number of aromatic nitrogens is 3. The highest BCUT2D eigenvalue weighted by atomic mass is 16.5. The Bertz CT molecular complexity index is 1140. The molecule has 2 heterocycles. The number of aromatic amines is 1. The molecular formula is C24H22N4O. The summed E-state index contributed by atoms with van der Waals surface area (Å²) in [6.45, 7) is 7.04. The summed E-state index contributed by atoms with van der Waals surface area (Å²) >= 11 is 0. The molecule has 0 radical (unpaired) electrons. The quantitative estimate of drug-likeness (QED) is 0.447. The number of hydrogen-bond donors (Lipinski definition) is 1. The Morgan fingerprint density at radius 3 is 2.55 bits per heavy atom. The van der Waals surface area contributed by atoms with E-state index in [0.717, 1.165) is 39.6 Å². The maximum absolute atomic E-state index is 5.85. The molecule has 0 amide bonds. The average Bonchev–Trinajstić information content (AvgIpc) is 3.20. The van der Waals surface area contributed by atoms with Crippen LogP contribution in [0, 0.1) is 0 Å². The van der Waals surface area contributed by atoms with Gasteiger partial charge in [0.05, 0.1) is 16.9 Å². The van der Waals surface area contributed by atoms with Crippen LogP contribution < -0.4 is 4.74 Å². The molecular weight excluding hydrogens is 360 g/mol. The third-order valence-corrected chi connectivity index (χ3v) is 4.51. The number of imidazole rings is 1. The van der Waals surface area contributed by atoms with E-state index >= 15 is 0 Å². The number of pyridine rings is 1. The molecule has 2 aromatic heterocycles. The van der Waals surface area contributed by atoms with E-state index in [-0.39, 0.29) is 0 Å². The van der Waals surface area contributed by atoms with Crippen molar-refractivity contribution in [3.05, 3.63) is 90.6 Å². The molecule has 2 aromatic carbocycles. The van der Waals surface area contributed by atoms with Crippen molar-refractivity contribution in [1.82, 2.24) is 15.0 Å². The van der Waals surface area contributed by atoms with Gasteiger partial charge in [0.2, 0.25) is 0 Å². The summed E-state index contributed by atoms with van der Waals surface area (Å²) in [5.41, 5.74) is 5.21. The molecule has 144 valence electrons. The fourth-order valence-corrected chi connectivity index (χ4v) is 3.04. The van der Waals surface area contributed by atoms with E-state index in [4.69, 9.17) is 4.74 Å². The van der Waals surface area contributed by atoms with Gasteiger partial charge in [-0.25, -0.2) is 9.97 Å². The van der Waals surface area contributed by atoms with Crippen molar-refractivity contribution >= 4 is 16.9 Å². The second-order valence-electron chi connectivity index (χ2n) is 6.52.